The summed E-state index contributed by atoms with van der Waals surface area (Å²) in [7, 11) is 1.39. The van der Waals surface area contributed by atoms with E-state index in [0.29, 0.717) is 12.8 Å². The number of nitrogens with zero attached hydrogens (tertiary/aromatic N) is 1. The maximum absolute atomic E-state index is 12.8. The maximum atomic E-state index is 12.8. The highest BCUT2D eigenvalue weighted by Crippen LogP contribution is 2.37. The van der Waals surface area contributed by atoms with Crippen molar-refractivity contribution in [3.63, 3.8) is 0 Å². The highest BCUT2D eigenvalue weighted by molar-refractivity contribution is 5.85. The number of likely N-dealkylation sites (tertiary alicyclic amines) is 1. The molecule has 1 amide bonds. The molecule has 1 aliphatic heterocycles. The fraction of sp³-hybridized carbons (Fsp3) is 0.600. The van der Waals surface area contributed by atoms with Gasteiger partial charge < -0.3 is 9.64 Å². The third kappa shape index (κ3) is 4.37. The number of rotatable bonds is 5. The summed E-state index contributed by atoms with van der Waals surface area (Å²) in [6.07, 6.45) is 3.69. The van der Waals surface area contributed by atoms with Gasteiger partial charge in [-0.15, -0.1) is 0 Å². The molecule has 1 saturated heterocycles. The van der Waals surface area contributed by atoms with Crippen LogP contribution in [0.25, 0.3) is 0 Å². The maximum Gasteiger partial charge on any atom is 0.328 e. The minimum Gasteiger partial charge on any atom is -0.467 e. The molecular weight excluding hydrogens is 302 g/mol. The van der Waals surface area contributed by atoms with E-state index in [-0.39, 0.29) is 23.3 Å². The molecule has 2 rings (SSSR count). The lowest BCUT2D eigenvalue weighted by Crippen LogP contribution is -2.49. The number of esters is 1. The Morgan fingerprint density at radius 1 is 1.17 bits per heavy atom. The van der Waals surface area contributed by atoms with E-state index in [1.165, 1.54) is 12.7 Å². The van der Waals surface area contributed by atoms with Gasteiger partial charge in [0.2, 0.25) is 5.91 Å². The van der Waals surface area contributed by atoms with Crippen LogP contribution in [0.3, 0.4) is 0 Å². The smallest absolute Gasteiger partial charge is 0.328 e. The van der Waals surface area contributed by atoms with Gasteiger partial charge in [0.05, 0.1) is 7.11 Å². The van der Waals surface area contributed by atoms with Crippen molar-refractivity contribution >= 4 is 11.9 Å². The fourth-order valence-corrected chi connectivity index (χ4v) is 3.59. The number of aryl methyl sites for hydroxylation is 1. The van der Waals surface area contributed by atoms with E-state index >= 15 is 0 Å². The predicted molar refractivity (Wildman–Crippen MR) is 94.5 cm³/mol. The van der Waals surface area contributed by atoms with Crippen LogP contribution in [0.4, 0.5) is 0 Å². The lowest BCUT2D eigenvalue weighted by molar-refractivity contribution is -0.153. The number of ether oxygens (including phenoxy) is 1. The van der Waals surface area contributed by atoms with Crippen LogP contribution in [-0.4, -0.2) is 36.0 Å². The van der Waals surface area contributed by atoms with Crippen LogP contribution in [0.2, 0.25) is 0 Å². The van der Waals surface area contributed by atoms with Gasteiger partial charge in [-0.2, -0.15) is 0 Å². The van der Waals surface area contributed by atoms with Crippen LogP contribution >= 0.6 is 0 Å². The molecule has 0 saturated carbocycles. The number of hydrogen-bond acceptors (Lipinski definition) is 3. The molecule has 1 heterocycles. The van der Waals surface area contributed by atoms with Crippen molar-refractivity contribution in [3.8, 4) is 0 Å². The molecule has 0 spiro atoms. The first-order chi connectivity index (χ1) is 11.3. The molecule has 1 aromatic carbocycles. The largest absolute Gasteiger partial charge is 0.467 e. The van der Waals surface area contributed by atoms with Gasteiger partial charge in [0, 0.05) is 12.5 Å². The van der Waals surface area contributed by atoms with E-state index in [4.69, 9.17) is 4.74 Å². The molecule has 0 unspecified atom stereocenters. The Hall–Kier alpha value is -1.84. The lowest BCUT2D eigenvalue weighted by Gasteiger charge is -2.37. The van der Waals surface area contributed by atoms with Crippen molar-refractivity contribution < 1.29 is 14.3 Å². The second-order valence-electron chi connectivity index (χ2n) is 7.64. The Kier molecular flexibility index (Phi) is 6.03. The summed E-state index contributed by atoms with van der Waals surface area (Å²) < 4.78 is 4.92. The first-order valence-corrected chi connectivity index (χ1v) is 8.77. The van der Waals surface area contributed by atoms with Crippen LogP contribution < -0.4 is 0 Å². The quantitative estimate of drug-likeness (QED) is 0.775. The van der Waals surface area contributed by atoms with Crippen LogP contribution in [-0.2, 0) is 20.7 Å². The first kappa shape index (κ1) is 18.5. The van der Waals surface area contributed by atoms with Crippen LogP contribution in [0.5, 0.6) is 0 Å². The van der Waals surface area contributed by atoms with Crippen LogP contribution in [0.15, 0.2) is 30.3 Å². The number of methoxy groups -OCH3 is 1. The van der Waals surface area contributed by atoms with Gasteiger partial charge in [0.25, 0.3) is 0 Å². The summed E-state index contributed by atoms with van der Waals surface area (Å²) in [5, 5.41) is 0. The van der Waals surface area contributed by atoms with Crippen molar-refractivity contribution in [3.05, 3.63) is 35.9 Å². The summed E-state index contributed by atoms with van der Waals surface area (Å²) in [6, 6.07) is 9.84. The minimum atomic E-state index is -0.427. The summed E-state index contributed by atoms with van der Waals surface area (Å²) >= 11 is 0. The van der Waals surface area contributed by atoms with Gasteiger partial charge in [-0.1, -0.05) is 51.1 Å². The summed E-state index contributed by atoms with van der Waals surface area (Å²) in [5.41, 5.74) is 1.20. The van der Waals surface area contributed by atoms with Crippen molar-refractivity contribution in [1.29, 1.82) is 0 Å². The number of benzene rings is 1. The zero-order chi connectivity index (χ0) is 17.7. The lowest BCUT2D eigenvalue weighted by atomic mass is 9.85. The Bertz CT molecular complexity index is 562. The molecule has 4 nitrogen and oxygen atoms in total. The van der Waals surface area contributed by atoms with E-state index in [2.05, 4.69) is 32.9 Å². The Balaban J connectivity index is 2.02. The highest BCUT2D eigenvalue weighted by Gasteiger charge is 2.45. The van der Waals surface area contributed by atoms with Gasteiger partial charge >= 0.3 is 5.97 Å². The summed E-state index contributed by atoms with van der Waals surface area (Å²) in [5.74, 6) is -0.225. The van der Waals surface area contributed by atoms with Crippen molar-refractivity contribution in [2.24, 2.45) is 5.41 Å². The molecule has 1 aliphatic rings. The topological polar surface area (TPSA) is 46.6 Å². The van der Waals surface area contributed by atoms with Crippen molar-refractivity contribution in [2.45, 2.75) is 65.0 Å². The molecule has 0 bridgehead atoms. The molecule has 0 aliphatic carbocycles. The normalized spacial score (nSPS) is 20.9. The molecule has 2 atom stereocenters. The molecule has 1 aromatic rings. The second-order valence-corrected chi connectivity index (χ2v) is 7.64. The van der Waals surface area contributed by atoms with E-state index in [0.717, 1.165) is 19.3 Å². The molecule has 24 heavy (non-hydrogen) atoms. The molecule has 1 fully saturated rings. The fourth-order valence-electron chi connectivity index (χ4n) is 3.59. The molecule has 4 heteroatoms. The van der Waals surface area contributed by atoms with E-state index in [9.17, 15) is 9.59 Å². The first-order valence-electron chi connectivity index (χ1n) is 8.77. The zero-order valence-corrected chi connectivity index (χ0v) is 15.2. The van der Waals surface area contributed by atoms with Crippen LogP contribution in [0, 0.1) is 5.41 Å². The van der Waals surface area contributed by atoms with Gasteiger partial charge in [0.1, 0.15) is 6.04 Å². The summed E-state index contributed by atoms with van der Waals surface area (Å²) in [6.45, 7) is 6.38. The molecular formula is C20H29NO3. The number of carbonyl (C=O) groups excluding carboxylic acids is 2. The average molecular weight is 331 g/mol. The number of amides is 1. The monoisotopic (exact) mass is 331 g/mol. The third-order valence-electron chi connectivity index (χ3n) is 4.84. The Morgan fingerprint density at radius 2 is 1.83 bits per heavy atom. The number of carbonyl (C=O) groups is 2. The standard InChI is InChI=1S/C20H29NO3/c1-20(2,3)17-14-13-16(19(23)24-4)21(17)18(22)12-8-11-15-9-6-5-7-10-15/h5-7,9-10,16-17H,8,11-14H2,1-4H3/t16-,17+/m0/s1. The van der Waals surface area contributed by atoms with Crippen LogP contribution in [0.1, 0.15) is 52.0 Å². The van der Waals surface area contributed by atoms with Gasteiger partial charge in [-0.3, -0.25) is 4.79 Å². The Labute approximate surface area is 145 Å². The molecule has 0 N–H and O–H groups in total. The predicted octanol–water partition coefficient (Wildman–Crippen LogP) is 3.59. The Morgan fingerprint density at radius 3 is 2.42 bits per heavy atom. The second kappa shape index (κ2) is 7.82. The van der Waals surface area contributed by atoms with Crippen molar-refractivity contribution in [1.82, 2.24) is 4.90 Å². The van der Waals surface area contributed by atoms with E-state index in [1.807, 2.05) is 18.2 Å². The van der Waals surface area contributed by atoms with Gasteiger partial charge in [-0.25, -0.2) is 4.79 Å². The highest BCUT2D eigenvalue weighted by atomic mass is 16.5. The van der Waals surface area contributed by atoms with E-state index < -0.39 is 6.04 Å². The zero-order valence-electron chi connectivity index (χ0n) is 15.2. The molecule has 0 aromatic heterocycles. The number of hydrogen-bond donors (Lipinski definition) is 0. The average Bonchev–Trinajstić information content (AvgIpc) is 3.00. The third-order valence-corrected chi connectivity index (χ3v) is 4.84. The van der Waals surface area contributed by atoms with Crippen molar-refractivity contribution in [2.75, 3.05) is 7.11 Å². The van der Waals surface area contributed by atoms with E-state index in [1.54, 1.807) is 4.90 Å². The van der Waals surface area contributed by atoms with Gasteiger partial charge in [0.15, 0.2) is 0 Å². The molecule has 0 radical (unpaired) electrons. The minimum absolute atomic E-state index is 0.0438. The van der Waals surface area contributed by atoms with Gasteiger partial charge in [-0.05, 0) is 36.7 Å². The molecule has 132 valence electrons. The SMILES string of the molecule is COC(=O)[C@@H]1CC[C@H](C(C)(C)C)N1C(=O)CCCc1ccccc1. The summed E-state index contributed by atoms with van der Waals surface area (Å²) in [4.78, 5) is 26.7.